The number of benzene rings is 2. The van der Waals surface area contributed by atoms with Crippen LogP contribution in [0.5, 0.6) is 11.5 Å². The molecule has 1 amide bonds. The zero-order chi connectivity index (χ0) is 17.8. The second-order valence-corrected chi connectivity index (χ2v) is 6.02. The minimum absolute atomic E-state index is 0.160. The maximum Gasteiger partial charge on any atom is 0.264 e. The van der Waals surface area contributed by atoms with Gasteiger partial charge in [0.05, 0.1) is 5.69 Å². The lowest BCUT2D eigenvalue weighted by molar-refractivity contribution is -0.130. The van der Waals surface area contributed by atoms with Gasteiger partial charge in [-0.3, -0.25) is 4.79 Å². The van der Waals surface area contributed by atoms with Gasteiger partial charge in [0.15, 0.2) is 11.5 Å². The van der Waals surface area contributed by atoms with E-state index < -0.39 is 6.10 Å². The summed E-state index contributed by atoms with van der Waals surface area (Å²) in [4.78, 5) is 12.3. The van der Waals surface area contributed by atoms with Crippen LogP contribution in [0, 0.1) is 0 Å². The van der Waals surface area contributed by atoms with E-state index in [1.807, 2.05) is 59.4 Å². The van der Waals surface area contributed by atoms with Crippen molar-refractivity contribution < 1.29 is 14.3 Å². The quantitative estimate of drug-likeness (QED) is 0.768. The Morgan fingerprint density at radius 2 is 1.92 bits per heavy atom. The topological polar surface area (TPSA) is 65.4 Å². The largest absolute Gasteiger partial charge is 0.485 e. The molecule has 1 aromatic heterocycles. The Bertz CT molecular complexity index is 876. The van der Waals surface area contributed by atoms with Gasteiger partial charge in [0.25, 0.3) is 5.91 Å². The molecule has 1 unspecified atom stereocenters. The van der Waals surface area contributed by atoms with Crippen LogP contribution in [0.25, 0.3) is 5.69 Å². The monoisotopic (exact) mass is 349 g/mol. The van der Waals surface area contributed by atoms with Crippen LogP contribution in [0.3, 0.4) is 0 Å². The third kappa shape index (κ3) is 3.54. The van der Waals surface area contributed by atoms with Gasteiger partial charge in [-0.25, -0.2) is 4.68 Å². The zero-order valence-corrected chi connectivity index (χ0v) is 14.2. The third-order valence-electron chi connectivity index (χ3n) is 4.22. The number of ether oxygens (including phenoxy) is 2. The van der Waals surface area contributed by atoms with E-state index in [0.717, 1.165) is 17.7 Å². The third-order valence-corrected chi connectivity index (χ3v) is 4.22. The van der Waals surface area contributed by atoms with Crippen LogP contribution in [0.4, 0.5) is 0 Å². The molecule has 6 heteroatoms. The Morgan fingerprint density at radius 3 is 2.69 bits per heavy atom. The molecule has 1 aliphatic rings. The predicted octanol–water partition coefficient (Wildman–Crippen LogP) is 2.37. The molecule has 1 atom stereocenters. The number of nitrogens with one attached hydrogen (secondary N) is 1. The van der Waals surface area contributed by atoms with E-state index in [4.69, 9.17) is 9.47 Å². The number of amides is 1. The summed E-state index contributed by atoms with van der Waals surface area (Å²) in [6, 6.07) is 17.4. The van der Waals surface area contributed by atoms with E-state index in [1.165, 1.54) is 0 Å². The summed E-state index contributed by atoms with van der Waals surface area (Å²) in [5, 5.41) is 7.12. The van der Waals surface area contributed by atoms with Gasteiger partial charge in [-0.1, -0.05) is 24.3 Å². The number of nitrogens with zero attached hydrogens (tertiary/aromatic N) is 2. The number of rotatable bonds is 5. The first-order valence-corrected chi connectivity index (χ1v) is 8.55. The fraction of sp³-hybridized carbons (Fsp3) is 0.200. The molecule has 4 rings (SSSR count). The molecule has 0 aliphatic carbocycles. The lowest BCUT2D eigenvalue weighted by Gasteiger charge is -2.25. The second-order valence-electron chi connectivity index (χ2n) is 6.02. The average Bonchev–Trinajstić information content (AvgIpc) is 3.23. The van der Waals surface area contributed by atoms with E-state index in [9.17, 15) is 4.79 Å². The summed E-state index contributed by atoms with van der Waals surface area (Å²) >= 11 is 0. The van der Waals surface area contributed by atoms with Crippen LogP contribution in [-0.4, -0.2) is 34.9 Å². The Balaban J connectivity index is 1.28. The van der Waals surface area contributed by atoms with Crippen molar-refractivity contribution >= 4 is 5.91 Å². The maximum absolute atomic E-state index is 12.3. The van der Waals surface area contributed by atoms with Crippen molar-refractivity contribution in [3.05, 3.63) is 72.6 Å². The standard InChI is InChI=1S/C20H19N3O3/c24-20(19-14-25-17-4-1-2-5-18(17)26-19)21-12-10-15-6-8-16(9-7-15)23-13-3-11-22-23/h1-9,11,13,19H,10,12,14H2,(H,21,24). The van der Waals surface area contributed by atoms with Crippen molar-refractivity contribution in [1.82, 2.24) is 15.1 Å². The molecule has 0 fully saturated rings. The Morgan fingerprint density at radius 1 is 1.12 bits per heavy atom. The molecule has 132 valence electrons. The van der Waals surface area contributed by atoms with Crippen LogP contribution in [0.1, 0.15) is 5.56 Å². The van der Waals surface area contributed by atoms with Crippen molar-refractivity contribution in [1.29, 1.82) is 0 Å². The van der Waals surface area contributed by atoms with Crippen molar-refractivity contribution in [2.75, 3.05) is 13.2 Å². The molecule has 0 bridgehead atoms. The zero-order valence-electron chi connectivity index (χ0n) is 14.2. The number of hydrogen-bond donors (Lipinski definition) is 1. The van der Waals surface area contributed by atoms with E-state index in [2.05, 4.69) is 10.4 Å². The number of fused-ring (bicyclic) bond motifs is 1. The fourth-order valence-corrected chi connectivity index (χ4v) is 2.83. The molecule has 2 heterocycles. The molecule has 0 saturated carbocycles. The molecule has 3 aromatic rings. The fourth-order valence-electron chi connectivity index (χ4n) is 2.83. The first kappa shape index (κ1) is 16.2. The van der Waals surface area contributed by atoms with Gasteiger partial charge in [0.1, 0.15) is 6.61 Å². The number of aromatic nitrogens is 2. The number of carbonyl (C=O) groups excluding carboxylic acids is 1. The Labute approximate surface area is 151 Å². The van der Waals surface area contributed by atoms with Gasteiger partial charge >= 0.3 is 0 Å². The molecule has 1 N–H and O–H groups in total. The van der Waals surface area contributed by atoms with Crippen LogP contribution >= 0.6 is 0 Å². The highest BCUT2D eigenvalue weighted by Gasteiger charge is 2.26. The van der Waals surface area contributed by atoms with E-state index in [-0.39, 0.29) is 12.5 Å². The van der Waals surface area contributed by atoms with E-state index >= 15 is 0 Å². The van der Waals surface area contributed by atoms with Crippen LogP contribution in [0.15, 0.2) is 67.0 Å². The van der Waals surface area contributed by atoms with Crippen molar-refractivity contribution in [3.8, 4) is 17.2 Å². The summed E-state index contributed by atoms with van der Waals surface area (Å²) < 4.78 is 13.1. The molecule has 0 spiro atoms. The minimum atomic E-state index is -0.618. The highest BCUT2D eigenvalue weighted by Crippen LogP contribution is 2.30. The van der Waals surface area contributed by atoms with Gasteiger partial charge in [-0.05, 0) is 42.3 Å². The number of hydrogen-bond acceptors (Lipinski definition) is 4. The summed E-state index contributed by atoms with van der Waals surface area (Å²) in [6.45, 7) is 0.767. The molecule has 1 aliphatic heterocycles. The predicted molar refractivity (Wildman–Crippen MR) is 96.6 cm³/mol. The van der Waals surface area contributed by atoms with Gasteiger partial charge in [0.2, 0.25) is 6.10 Å². The van der Waals surface area contributed by atoms with Crippen LogP contribution in [0.2, 0.25) is 0 Å². The van der Waals surface area contributed by atoms with Crippen molar-refractivity contribution in [3.63, 3.8) is 0 Å². The SMILES string of the molecule is O=C(NCCc1ccc(-n2cccn2)cc1)C1COc2ccccc2O1. The van der Waals surface area contributed by atoms with E-state index in [1.54, 1.807) is 12.3 Å². The Kier molecular flexibility index (Phi) is 4.55. The lowest BCUT2D eigenvalue weighted by Crippen LogP contribution is -2.44. The molecule has 0 radical (unpaired) electrons. The van der Waals surface area contributed by atoms with Crippen LogP contribution < -0.4 is 14.8 Å². The van der Waals surface area contributed by atoms with Gasteiger partial charge in [-0.2, -0.15) is 5.10 Å². The van der Waals surface area contributed by atoms with Crippen LogP contribution in [-0.2, 0) is 11.2 Å². The normalized spacial score (nSPS) is 15.5. The molecule has 26 heavy (non-hydrogen) atoms. The van der Waals surface area contributed by atoms with Crippen molar-refractivity contribution in [2.45, 2.75) is 12.5 Å². The minimum Gasteiger partial charge on any atom is -0.485 e. The summed E-state index contributed by atoms with van der Waals surface area (Å²) in [6.07, 6.45) is 3.78. The Hall–Kier alpha value is -3.28. The van der Waals surface area contributed by atoms with E-state index in [0.29, 0.717) is 18.0 Å². The number of carbonyl (C=O) groups is 1. The first-order valence-electron chi connectivity index (χ1n) is 8.55. The summed E-state index contributed by atoms with van der Waals surface area (Å²) in [7, 11) is 0. The summed E-state index contributed by atoms with van der Waals surface area (Å²) in [5.74, 6) is 1.12. The van der Waals surface area contributed by atoms with Gasteiger partial charge < -0.3 is 14.8 Å². The molecule has 6 nitrogen and oxygen atoms in total. The maximum atomic E-state index is 12.3. The van der Waals surface area contributed by atoms with Gasteiger partial charge in [0, 0.05) is 18.9 Å². The highest BCUT2D eigenvalue weighted by molar-refractivity contribution is 5.81. The van der Waals surface area contributed by atoms with Gasteiger partial charge in [-0.15, -0.1) is 0 Å². The highest BCUT2D eigenvalue weighted by atomic mass is 16.6. The molecule has 2 aromatic carbocycles. The first-order chi connectivity index (χ1) is 12.8. The number of para-hydroxylation sites is 2. The smallest absolute Gasteiger partial charge is 0.264 e. The molecular weight excluding hydrogens is 330 g/mol. The van der Waals surface area contributed by atoms with Crippen molar-refractivity contribution in [2.24, 2.45) is 0 Å². The second kappa shape index (κ2) is 7.31. The molecule has 0 saturated heterocycles. The lowest BCUT2D eigenvalue weighted by atomic mass is 10.1. The molecular formula is C20H19N3O3. The summed E-state index contributed by atoms with van der Waals surface area (Å²) in [5.41, 5.74) is 2.15. The average molecular weight is 349 g/mol.